The fraction of sp³-hybridized carbons (Fsp3) is 0.167. The monoisotopic (exact) mass is 372 g/mol. The molecule has 1 N–H and O–H groups in total. The summed E-state index contributed by atoms with van der Waals surface area (Å²) in [6.07, 6.45) is -0.826. The molecule has 0 unspecified atom stereocenters. The second-order valence-corrected chi connectivity index (χ2v) is 7.09. The number of anilines is 1. The zero-order chi connectivity index (χ0) is 17.6. The third-order valence-electron chi connectivity index (χ3n) is 3.33. The van der Waals surface area contributed by atoms with Crippen molar-refractivity contribution in [2.75, 3.05) is 5.32 Å². The lowest BCUT2D eigenvalue weighted by Crippen LogP contribution is -2.30. The molecule has 0 aliphatic rings. The van der Waals surface area contributed by atoms with Crippen molar-refractivity contribution in [1.82, 2.24) is 4.98 Å². The third-order valence-corrected chi connectivity index (χ3v) is 5.26. The standard InChI is InChI=1S/C18H16N2O3S2/c1-12(17(22)19-13-6-3-2-4-7-13)23-16(21)10-14-11-25-18(20-14)15-8-5-9-24-15/h2-9,11-12H,10H2,1H3,(H,19,22)/t12-/m0/s1. The van der Waals surface area contributed by atoms with Crippen LogP contribution in [-0.2, 0) is 20.7 Å². The van der Waals surface area contributed by atoms with Gasteiger partial charge < -0.3 is 10.1 Å². The third kappa shape index (κ3) is 4.74. The Morgan fingerprint density at radius 1 is 1.16 bits per heavy atom. The number of hydrogen-bond acceptors (Lipinski definition) is 6. The molecule has 0 spiro atoms. The number of amides is 1. The number of benzene rings is 1. The Morgan fingerprint density at radius 2 is 1.96 bits per heavy atom. The molecular weight excluding hydrogens is 356 g/mol. The Morgan fingerprint density at radius 3 is 2.68 bits per heavy atom. The molecule has 2 aromatic heterocycles. The molecule has 0 radical (unpaired) electrons. The van der Waals surface area contributed by atoms with Crippen LogP contribution in [0.4, 0.5) is 5.69 Å². The SMILES string of the molecule is C[C@H](OC(=O)Cc1csc(-c2cccs2)n1)C(=O)Nc1ccccc1. The lowest BCUT2D eigenvalue weighted by atomic mass is 10.3. The van der Waals surface area contributed by atoms with Crippen molar-refractivity contribution in [2.45, 2.75) is 19.4 Å². The Kier molecular flexibility index (Phi) is 5.57. The molecule has 3 aromatic rings. The van der Waals surface area contributed by atoms with E-state index in [0.29, 0.717) is 11.4 Å². The number of esters is 1. The summed E-state index contributed by atoms with van der Waals surface area (Å²) in [5, 5.41) is 7.41. The Hall–Kier alpha value is -2.51. The first-order valence-corrected chi connectivity index (χ1v) is 9.41. The molecule has 0 aliphatic heterocycles. The van der Waals surface area contributed by atoms with Gasteiger partial charge in [0.05, 0.1) is 17.0 Å². The van der Waals surface area contributed by atoms with Crippen LogP contribution in [0.2, 0.25) is 0 Å². The first-order chi connectivity index (χ1) is 12.1. The number of thiazole rings is 1. The topological polar surface area (TPSA) is 68.3 Å². The number of carbonyl (C=O) groups is 2. The van der Waals surface area contributed by atoms with Gasteiger partial charge >= 0.3 is 5.97 Å². The van der Waals surface area contributed by atoms with Crippen LogP contribution in [0.25, 0.3) is 9.88 Å². The molecule has 1 atom stereocenters. The predicted octanol–water partition coefficient (Wildman–Crippen LogP) is 3.98. The van der Waals surface area contributed by atoms with Crippen LogP contribution in [0.15, 0.2) is 53.2 Å². The van der Waals surface area contributed by atoms with Crippen LogP contribution in [0.1, 0.15) is 12.6 Å². The van der Waals surface area contributed by atoms with E-state index in [-0.39, 0.29) is 12.3 Å². The van der Waals surface area contributed by atoms with Gasteiger partial charge in [0.1, 0.15) is 5.01 Å². The molecular formula is C18H16N2O3S2. The van der Waals surface area contributed by atoms with Gasteiger partial charge in [0.2, 0.25) is 0 Å². The highest BCUT2D eigenvalue weighted by atomic mass is 32.1. The summed E-state index contributed by atoms with van der Waals surface area (Å²) in [5.74, 6) is -0.837. The van der Waals surface area contributed by atoms with Crippen LogP contribution >= 0.6 is 22.7 Å². The van der Waals surface area contributed by atoms with Gasteiger partial charge in [-0.3, -0.25) is 9.59 Å². The molecule has 1 aromatic carbocycles. The van der Waals surface area contributed by atoms with Crippen LogP contribution < -0.4 is 5.32 Å². The first-order valence-electron chi connectivity index (χ1n) is 7.65. The van der Waals surface area contributed by atoms with Gasteiger partial charge in [-0.2, -0.15) is 0 Å². The number of rotatable bonds is 6. The number of aromatic nitrogens is 1. The van der Waals surface area contributed by atoms with Crippen LogP contribution in [0.5, 0.6) is 0 Å². The number of ether oxygens (including phenoxy) is 1. The smallest absolute Gasteiger partial charge is 0.312 e. The van der Waals surface area contributed by atoms with Gasteiger partial charge in [-0.15, -0.1) is 22.7 Å². The molecule has 128 valence electrons. The maximum atomic E-state index is 12.1. The van der Waals surface area contributed by atoms with E-state index >= 15 is 0 Å². The summed E-state index contributed by atoms with van der Waals surface area (Å²) in [4.78, 5) is 29.6. The van der Waals surface area contributed by atoms with Gasteiger partial charge in [-0.1, -0.05) is 24.3 Å². The minimum Gasteiger partial charge on any atom is -0.452 e. The average molecular weight is 372 g/mol. The summed E-state index contributed by atoms with van der Waals surface area (Å²) in [6.45, 7) is 1.55. The molecule has 5 nitrogen and oxygen atoms in total. The number of carbonyl (C=O) groups excluding carboxylic acids is 2. The van der Waals surface area contributed by atoms with E-state index in [0.717, 1.165) is 9.88 Å². The van der Waals surface area contributed by atoms with E-state index in [2.05, 4.69) is 10.3 Å². The number of thiophene rings is 1. The van der Waals surface area contributed by atoms with Crippen LogP contribution in [0.3, 0.4) is 0 Å². The summed E-state index contributed by atoms with van der Waals surface area (Å²) >= 11 is 3.09. The Bertz CT molecular complexity index is 844. The van der Waals surface area contributed by atoms with Gasteiger partial charge in [0.15, 0.2) is 6.10 Å². The molecule has 0 aliphatic carbocycles. The highest BCUT2D eigenvalue weighted by Crippen LogP contribution is 2.27. The number of nitrogens with zero attached hydrogens (tertiary/aromatic N) is 1. The number of nitrogens with one attached hydrogen (secondary N) is 1. The fourth-order valence-electron chi connectivity index (χ4n) is 2.11. The van der Waals surface area contributed by atoms with E-state index in [9.17, 15) is 9.59 Å². The minimum atomic E-state index is -0.872. The predicted molar refractivity (Wildman–Crippen MR) is 99.8 cm³/mol. The Balaban J connectivity index is 1.52. The molecule has 2 heterocycles. The van der Waals surface area contributed by atoms with Crippen molar-refractivity contribution in [3.63, 3.8) is 0 Å². The summed E-state index contributed by atoms with van der Waals surface area (Å²) in [7, 11) is 0. The van der Waals surface area contributed by atoms with Crippen molar-refractivity contribution in [2.24, 2.45) is 0 Å². The van der Waals surface area contributed by atoms with Crippen LogP contribution in [0, 0.1) is 0 Å². The molecule has 0 fully saturated rings. The van der Waals surface area contributed by atoms with E-state index in [1.807, 2.05) is 41.1 Å². The minimum absolute atomic E-state index is 0.0465. The van der Waals surface area contributed by atoms with E-state index in [1.54, 1.807) is 30.4 Å². The molecule has 0 saturated carbocycles. The van der Waals surface area contributed by atoms with Gasteiger partial charge in [0, 0.05) is 11.1 Å². The average Bonchev–Trinajstić information content (AvgIpc) is 3.26. The maximum absolute atomic E-state index is 12.1. The summed E-state index contributed by atoms with van der Waals surface area (Å²) < 4.78 is 5.20. The van der Waals surface area contributed by atoms with Crippen LogP contribution in [-0.4, -0.2) is 23.0 Å². The highest BCUT2D eigenvalue weighted by Gasteiger charge is 2.19. The maximum Gasteiger partial charge on any atom is 0.312 e. The Labute approximate surface area is 153 Å². The van der Waals surface area contributed by atoms with Crippen molar-refractivity contribution >= 4 is 40.2 Å². The van der Waals surface area contributed by atoms with Gasteiger partial charge in [-0.25, -0.2) is 4.98 Å². The molecule has 3 rings (SSSR count). The van der Waals surface area contributed by atoms with Crippen molar-refractivity contribution < 1.29 is 14.3 Å². The van der Waals surface area contributed by atoms with Crippen molar-refractivity contribution in [3.05, 3.63) is 58.9 Å². The summed E-state index contributed by atoms with van der Waals surface area (Å²) in [5.41, 5.74) is 1.31. The highest BCUT2D eigenvalue weighted by molar-refractivity contribution is 7.20. The van der Waals surface area contributed by atoms with Gasteiger partial charge in [-0.05, 0) is 30.5 Å². The lowest BCUT2D eigenvalue weighted by Gasteiger charge is -2.13. The molecule has 7 heteroatoms. The molecule has 0 bridgehead atoms. The van der Waals surface area contributed by atoms with E-state index in [4.69, 9.17) is 4.74 Å². The fourth-order valence-corrected chi connectivity index (χ4v) is 3.74. The largest absolute Gasteiger partial charge is 0.452 e. The molecule has 0 saturated heterocycles. The van der Waals surface area contributed by atoms with E-state index < -0.39 is 12.1 Å². The first kappa shape index (κ1) is 17.3. The zero-order valence-electron chi connectivity index (χ0n) is 13.5. The van der Waals surface area contributed by atoms with Gasteiger partial charge in [0.25, 0.3) is 5.91 Å². The zero-order valence-corrected chi connectivity index (χ0v) is 15.1. The lowest BCUT2D eigenvalue weighted by molar-refractivity contribution is -0.152. The summed E-state index contributed by atoms with van der Waals surface area (Å²) in [6, 6.07) is 13.0. The number of para-hydroxylation sites is 1. The van der Waals surface area contributed by atoms with Crippen molar-refractivity contribution in [3.8, 4) is 9.88 Å². The second kappa shape index (κ2) is 8.04. The van der Waals surface area contributed by atoms with E-state index in [1.165, 1.54) is 11.3 Å². The second-order valence-electron chi connectivity index (χ2n) is 5.29. The number of hydrogen-bond donors (Lipinski definition) is 1. The molecule has 25 heavy (non-hydrogen) atoms. The quantitative estimate of drug-likeness (QED) is 0.665. The molecule has 1 amide bonds. The van der Waals surface area contributed by atoms with Crippen molar-refractivity contribution in [1.29, 1.82) is 0 Å². The normalized spacial score (nSPS) is 11.7.